The second-order valence-corrected chi connectivity index (χ2v) is 8.66. The molecule has 1 aliphatic rings. The van der Waals surface area contributed by atoms with Gasteiger partial charge in [-0.05, 0) is 24.0 Å². The molecule has 1 heterocycles. The van der Waals surface area contributed by atoms with Crippen LogP contribution in [0.25, 0.3) is 0 Å². The molecule has 0 bridgehead atoms. The third-order valence-corrected chi connectivity index (χ3v) is 5.66. The third-order valence-electron chi connectivity index (χ3n) is 4.36. The maximum absolute atomic E-state index is 12.4. The van der Waals surface area contributed by atoms with Crippen molar-refractivity contribution in [3.05, 3.63) is 29.3 Å². The molecule has 1 N–H and O–H groups in total. The van der Waals surface area contributed by atoms with E-state index in [2.05, 4.69) is 19.2 Å². The van der Waals surface area contributed by atoms with Crippen LogP contribution in [0.15, 0.2) is 18.2 Å². The zero-order valence-corrected chi connectivity index (χ0v) is 15.7. The summed E-state index contributed by atoms with van der Waals surface area (Å²) in [5.74, 6) is 0.275. The second-order valence-electron chi connectivity index (χ2n) is 6.68. The van der Waals surface area contributed by atoms with Gasteiger partial charge in [-0.25, -0.2) is 8.42 Å². The van der Waals surface area contributed by atoms with Crippen molar-refractivity contribution in [1.82, 2.24) is 9.21 Å². The molecule has 2 rings (SSSR count). The summed E-state index contributed by atoms with van der Waals surface area (Å²) >= 11 is 0. The molecule has 0 atom stereocenters. The highest BCUT2D eigenvalue weighted by Crippen LogP contribution is 2.27. The SMILES string of the molecule is Cc1cccc(C(C)C)c1NC(=O)CN1CCN(S(C)(=O)=O)CC1. The molecule has 1 aliphatic heterocycles. The summed E-state index contributed by atoms with van der Waals surface area (Å²) in [6.07, 6.45) is 1.22. The molecule has 0 spiro atoms. The lowest BCUT2D eigenvalue weighted by atomic mass is 9.98. The van der Waals surface area contributed by atoms with Crippen molar-refractivity contribution >= 4 is 21.6 Å². The summed E-state index contributed by atoms with van der Waals surface area (Å²) in [7, 11) is -3.14. The van der Waals surface area contributed by atoms with Crippen LogP contribution in [0, 0.1) is 6.92 Å². The Bertz CT molecular complexity index is 693. The Morgan fingerprint density at radius 2 is 1.83 bits per heavy atom. The lowest BCUT2D eigenvalue weighted by molar-refractivity contribution is -0.117. The van der Waals surface area contributed by atoms with Crippen molar-refractivity contribution in [3.63, 3.8) is 0 Å². The summed E-state index contributed by atoms with van der Waals surface area (Å²) in [5, 5.41) is 3.04. The molecule has 1 aromatic carbocycles. The molecule has 134 valence electrons. The monoisotopic (exact) mass is 353 g/mol. The molecule has 7 heteroatoms. The zero-order valence-electron chi connectivity index (χ0n) is 14.9. The van der Waals surface area contributed by atoms with Crippen molar-refractivity contribution < 1.29 is 13.2 Å². The minimum absolute atomic E-state index is 0.0565. The lowest BCUT2D eigenvalue weighted by Crippen LogP contribution is -2.50. The Morgan fingerprint density at radius 1 is 1.21 bits per heavy atom. The molecule has 1 fully saturated rings. The Labute approximate surface area is 144 Å². The summed E-state index contributed by atoms with van der Waals surface area (Å²) in [4.78, 5) is 14.4. The Kier molecular flexibility index (Phi) is 6.01. The van der Waals surface area contributed by atoms with Crippen LogP contribution in [0.1, 0.15) is 30.9 Å². The van der Waals surface area contributed by atoms with E-state index < -0.39 is 10.0 Å². The van der Waals surface area contributed by atoms with Crippen molar-refractivity contribution in [2.45, 2.75) is 26.7 Å². The molecule has 1 aromatic rings. The van der Waals surface area contributed by atoms with Gasteiger partial charge in [0.1, 0.15) is 0 Å². The molecule has 1 amide bonds. The van der Waals surface area contributed by atoms with E-state index in [9.17, 15) is 13.2 Å². The highest BCUT2D eigenvalue weighted by atomic mass is 32.2. The van der Waals surface area contributed by atoms with Crippen molar-refractivity contribution in [1.29, 1.82) is 0 Å². The normalized spacial score (nSPS) is 17.2. The average Bonchev–Trinajstić information content (AvgIpc) is 2.48. The Morgan fingerprint density at radius 3 is 2.38 bits per heavy atom. The van der Waals surface area contributed by atoms with Gasteiger partial charge in [-0.15, -0.1) is 0 Å². The van der Waals surface area contributed by atoms with Gasteiger partial charge < -0.3 is 5.32 Å². The van der Waals surface area contributed by atoms with Gasteiger partial charge in [-0.1, -0.05) is 32.0 Å². The van der Waals surface area contributed by atoms with E-state index in [-0.39, 0.29) is 12.5 Å². The van der Waals surface area contributed by atoms with Gasteiger partial charge in [0.05, 0.1) is 12.8 Å². The number of hydrogen-bond donors (Lipinski definition) is 1. The fraction of sp³-hybridized carbons (Fsp3) is 0.588. The molecule has 6 nitrogen and oxygen atoms in total. The van der Waals surface area contributed by atoms with Gasteiger partial charge in [0.2, 0.25) is 15.9 Å². The number of carbonyl (C=O) groups excluding carboxylic acids is 1. The van der Waals surface area contributed by atoms with E-state index in [1.54, 1.807) is 0 Å². The maximum atomic E-state index is 12.4. The summed E-state index contributed by atoms with van der Waals surface area (Å²) in [6.45, 7) is 8.51. The number of hydrogen-bond acceptors (Lipinski definition) is 4. The van der Waals surface area contributed by atoms with Gasteiger partial charge in [0, 0.05) is 31.9 Å². The molecular formula is C17H27N3O3S. The first-order chi connectivity index (χ1) is 11.2. The maximum Gasteiger partial charge on any atom is 0.238 e. The number of aryl methyl sites for hydroxylation is 1. The average molecular weight is 353 g/mol. The predicted octanol–water partition coefficient (Wildman–Crippen LogP) is 1.63. The molecule has 0 saturated carbocycles. The minimum Gasteiger partial charge on any atom is -0.324 e. The Hall–Kier alpha value is -1.44. The predicted molar refractivity (Wildman–Crippen MR) is 96.8 cm³/mol. The number of para-hydroxylation sites is 1. The third kappa shape index (κ3) is 4.78. The van der Waals surface area contributed by atoms with Crippen LogP contribution < -0.4 is 5.32 Å². The van der Waals surface area contributed by atoms with Crippen molar-refractivity contribution in [2.75, 3.05) is 44.3 Å². The molecule has 24 heavy (non-hydrogen) atoms. The minimum atomic E-state index is -3.14. The van der Waals surface area contributed by atoms with Crippen LogP contribution in [0.4, 0.5) is 5.69 Å². The topological polar surface area (TPSA) is 69.7 Å². The summed E-state index contributed by atoms with van der Waals surface area (Å²) < 4.78 is 24.5. The van der Waals surface area contributed by atoms with Crippen molar-refractivity contribution in [2.24, 2.45) is 0 Å². The number of sulfonamides is 1. The first-order valence-corrected chi connectivity index (χ1v) is 10.1. The van der Waals surface area contributed by atoms with E-state index in [0.29, 0.717) is 32.1 Å². The number of carbonyl (C=O) groups is 1. The molecule has 0 unspecified atom stereocenters. The summed E-state index contributed by atoms with van der Waals surface area (Å²) in [6, 6.07) is 6.04. The first-order valence-electron chi connectivity index (χ1n) is 8.25. The van der Waals surface area contributed by atoms with Crippen LogP contribution in [0.3, 0.4) is 0 Å². The summed E-state index contributed by atoms with van der Waals surface area (Å²) in [5.41, 5.74) is 3.08. The quantitative estimate of drug-likeness (QED) is 0.874. The molecule has 0 aromatic heterocycles. The smallest absolute Gasteiger partial charge is 0.238 e. The number of piperazine rings is 1. The lowest BCUT2D eigenvalue weighted by Gasteiger charge is -2.32. The van der Waals surface area contributed by atoms with Gasteiger partial charge in [-0.2, -0.15) is 4.31 Å². The fourth-order valence-electron chi connectivity index (χ4n) is 2.94. The number of rotatable bonds is 5. The molecular weight excluding hydrogens is 326 g/mol. The standard InChI is InChI=1S/C17H27N3O3S/c1-13(2)15-7-5-6-14(3)17(15)18-16(21)12-19-8-10-20(11-9-19)24(4,22)23/h5-7,13H,8-12H2,1-4H3,(H,18,21). The van der Waals surface area contributed by atoms with Gasteiger partial charge in [0.25, 0.3) is 0 Å². The van der Waals surface area contributed by atoms with E-state index in [0.717, 1.165) is 16.8 Å². The van der Waals surface area contributed by atoms with Crippen LogP contribution in [-0.4, -0.2) is 62.5 Å². The Balaban J connectivity index is 1.96. The van der Waals surface area contributed by atoms with Crippen LogP contribution in [0.5, 0.6) is 0 Å². The highest BCUT2D eigenvalue weighted by molar-refractivity contribution is 7.88. The number of nitrogens with zero attached hydrogens (tertiary/aromatic N) is 2. The molecule has 1 saturated heterocycles. The second kappa shape index (κ2) is 7.63. The van der Waals surface area contributed by atoms with Gasteiger partial charge in [0.15, 0.2) is 0 Å². The number of nitrogens with one attached hydrogen (secondary N) is 1. The largest absolute Gasteiger partial charge is 0.324 e. The van der Waals surface area contributed by atoms with Crippen LogP contribution in [-0.2, 0) is 14.8 Å². The molecule has 0 radical (unpaired) electrons. The number of amides is 1. The van der Waals surface area contributed by atoms with Gasteiger partial charge in [-0.3, -0.25) is 9.69 Å². The zero-order chi connectivity index (χ0) is 17.9. The molecule has 0 aliphatic carbocycles. The van der Waals surface area contributed by atoms with E-state index in [1.165, 1.54) is 10.6 Å². The van der Waals surface area contributed by atoms with Crippen LogP contribution >= 0.6 is 0 Å². The number of anilines is 1. The number of benzene rings is 1. The van der Waals surface area contributed by atoms with E-state index in [4.69, 9.17) is 0 Å². The highest BCUT2D eigenvalue weighted by Gasteiger charge is 2.24. The van der Waals surface area contributed by atoms with Crippen LogP contribution in [0.2, 0.25) is 0 Å². The van der Waals surface area contributed by atoms with E-state index >= 15 is 0 Å². The van der Waals surface area contributed by atoms with E-state index in [1.807, 2.05) is 30.0 Å². The van der Waals surface area contributed by atoms with Gasteiger partial charge >= 0.3 is 0 Å². The first kappa shape index (κ1) is 18.9. The van der Waals surface area contributed by atoms with Crippen molar-refractivity contribution in [3.8, 4) is 0 Å². The fourth-order valence-corrected chi connectivity index (χ4v) is 3.77.